The van der Waals surface area contributed by atoms with E-state index in [2.05, 4.69) is 10.6 Å². The number of carbonyl (C=O) groups is 1. The molecule has 0 spiro atoms. The lowest BCUT2D eigenvalue weighted by atomic mass is 9.79. The van der Waals surface area contributed by atoms with Gasteiger partial charge in [-0.3, -0.25) is 4.79 Å². The van der Waals surface area contributed by atoms with Crippen molar-refractivity contribution in [2.75, 3.05) is 17.2 Å². The van der Waals surface area contributed by atoms with Gasteiger partial charge in [-0.05, 0) is 42.1 Å². The predicted molar refractivity (Wildman–Crippen MR) is 127 cm³/mol. The van der Waals surface area contributed by atoms with Crippen molar-refractivity contribution in [1.29, 1.82) is 0 Å². The molecule has 9 nitrogen and oxygen atoms in total. The summed E-state index contributed by atoms with van der Waals surface area (Å²) < 4.78 is 1.77. The first-order valence-corrected chi connectivity index (χ1v) is 10.7. The summed E-state index contributed by atoms with van der Waals surface area (Å²) in [6.45, 7) is 3.19. The Labute approximate surface area is 190 Å². The third-order valence-corrected chi connectivity index (χ3v) is 5.86. The van der Waals surface area contributed by atoms with Crippen LogP contribution in [0.4, 0.5) is 11.6 Å². The summed E-state index contributed by atoms with van der Waals surface area (Å²) in [6.07, 6.45) is 2.67. The van der Waals surface area contributed by atoms with Gasteiger partial charge in [-0.1, -0.05) is 30.3 Å². The third kappa shape index (κ3) is 3.79. The minimum atomic E-state index is -1.51. The molecule has 10 heteroatoms. The molecule has 0 radical (unpaired) electrons. The van der Waals surface area contributed by atoms with Crippen LogP contribution in [0.25, 0.3) is 16.9 Å². The van der Waals surface area contributed by atoms with E-state index in [1.54, 1.807) is 34.7 Å². The fourth-order valence-corrected chi connectivity index (χ4v) is 4.30. The van der Waals surface area contributed by atoms with Crippen LogP contribution in [0.1, 0.15) is 27.2 Å². The molecule has 0 atom stereocenters. The number of aryl methyl sites for hydroxylation is 1. The van der Waals surface area contributed by atoms with Crippen LogP contribution < -0.4 is 21.8 Å². The number of fused-ring (bicyclic) bond motifs is 2. The second-order valence-corrected chi connectivity index (χ2v) is 8.09. The molecule has 0 unspecified atom stereocenters. The molecule has 0 fully saturated rings. The van der Waals surface area contributed by atoms with Crippen molar-refractivity contribution in [2.45, 2.75) is 19.9 Å². The maximum absolute atomic E-state index is 11.9. The van der Waals surface area contributed by atoms with Gasteiger partial charge in [0.2, 0.25) is 0 Å². The number of carbonyl (C=O) groups excluding carboxylic acids is 1. The monoisotopic (exact) mass is 442 g/mol. The summed E-state index contributed by atoms with van der Waals surface area (Å²) in [5.41, 5.74) is 10.9. The molecule has 5 rings (SSSR count). The molecule has 33 heavy (non-hydrogen) atoms. The van der Waals surface area contributed by atoms with E-state index >= 15 is 0 Å². The molecule has 1 aromatic carbocycles. The number of aromatic nitrogens is 3. The van der Waals surface area contributed by atoms with Crippen molar-refractivity contribution < 1.29 is 14.8 Å². The fraction of sp³-hybridized carbons (Fsp3) is 0.174. The second kappa shape index (κ2) is 8.23. The quantitative estimate of drug-likeness (QED) is 0.282. The van der Waals surface area contributed by atoms with Crippen molar-refractivity contribution >= 4 is 35.6 Å². The lowest BCUT2D eigenvalue weighted by molar-refractivity contribution is 0.0994. The number of nitrogens with two attached hydrogens (primary N) is 1. The van der Waals surface area contributed by atoms with E-state index in [1.807, 2.05) is 25.3 Å². The van der Waals surface area contributed by atoms with E-state index in [9.17, 15) is 14.8 Å². The van der Waals surface area contributed by atoms with E-state index in [1.165, 1.54) is 0 Å². The topological polar surface area (TPSA) is 138 Å². The number of hydrogen-bond donors (Lipinski definition) is 5. The van der Waals surface area contributed by atoms with Gasteiger partial charge in [-0.25, -0.2) is 9.97 Å². The highest BCUT2D eigenvalue weighted by Crippen LogP contribution is 2.34. The van der Waals surface area contributed by atoms with Gasteiger partial charge in [0, 0.05) is 30.4 Å². The van der Waals surface area contributed by atoms with E-state index in [-0.39, 0.29) is 0 Å². The van der Waals surface area contributed by atoms with Gasteiger partial charge < -0.3 is 30.8 Å². The van der Waals surface area contributed by atoms with E-state index in [0.717, 1.165) is 52.4 Å². The fourth-order valence-electron chi connectivity index (χ4n) is 4.30. The van der Waals surface area contributed by atoms with Crippen molar-refractivity contribution in [2.24, 2.45) is 5.73 Å². The molecule has 4 aromatic rings. The molecule has 3 aromatic heterocycles. The minimum Gasteiger partial charge on any atom is -0.423 e. The molecule has 1 aliphatic rings. The first-order valence-electron chi connectivity index (χ1n) is 10.7. The number of primary amides is 1. The Morgan fingerprint density at radius 3 is 2.85 bits per heavy atom. The SMILES string of the molecule is Cc1cn2c(C(N)=O)cccc2c1-c1nc2c(c(NCc3cccc(B(O)O)c3)n1)CCN2. The number of anilines is 2. The molecule has 166 valence electrons. The summed E-state index contributed by atoms with van der Waals surface area (Å²) in [4.78, 5) is 21.5. The molecule has 0 aliphatic carbocycles. The maximum atomic E-state index is 11.9. The summed E-state index contributed by atoms with van der Waals surface area (Å²) in [7, 11) is -1.51. The number of amides is 1. The van der Waals surface area contributed by atoms with Crippen molar-refractivity contribution in [3.05, 3.63) is 71.0 Å². The van der Waals surface area contributed by atoms with Crippen LogP contribution in [0, 0.1) is 6.92 Å². The lowest BCUT2D eigenvalue weighted by Crippen LogP contribution is -2.30. The van der Waals surface area contributed by atoms with Gasteiger partial charge >= 0.3 is 7.12 Å². The summed E-state index contributed by atoms with van der Waals surface area (Å²) in [5.74, 6) is 1.55. The average Bonchev–Trinajstić information content (AvgIpc) is 3.40. The Morgan fingerprint density at radius 1 is 1.24 bits per heavy atom. The number of hydrogen-bond acceptors (Lipinski definition) is 7. The van der Waals surface area contributed by atoms with Crippen molar-refractivity contribution in [3.8, 4) is 11.4 Å². The number of nitrogens with one attached hydrogen (secondary N) is 2. The molecule has 0 saturated carbocycles. The first kappa shape index (κ1) is 21.0. The Kier molecular flexibility index (Phi) is 5.23. The number of benzene rings is 1. The van der Waals surface area contributed by atoms with E-state index in [0.29, 0.717) is 23.5 Å². The standard InChI is InChI=1S/C23H23BN6O3/c1-13-12-30-17(6-3-7-18(30)20(25)31)19(13)23-28-21-16(8-9-26-21)22(29-23)27-11-14-4-2-5-15(10-14)24(32)33/h2-7,10,12,32-33H,8-9,11H2,1H3,(H2,25,31)(H2,26,27,28,29). The molecule has 0 bridgehead atoms. The average molecular weight is 442 g/mol. The maximum Gasteiger partial charge on any atom is 0.488 e. The van der Waals surface area contributed by atoms with E-state index in [4.69, 9.17) is 15.7 Å². The highest BCUT2D eigenvalue weighted by molar-refractivity contribution is 6.58. The molecule has 6 N–H and O–H groups in total. The number of nitrogens with zero attached hydrogens (tertiary/aromatic N) is 3. The number of pyridine rings is 1. The zero-order valence-corrected chi connectivity index (χ0v) is 18.0. The smallest absolute Gasteiger partial charge is 0.423 e. The normalized spacial score (nSPS) is 12.5. The second-order valence-electron chi connectivity index (χ2n) is 8.09. The van der Waals surface area contributed by atoms with Gasteiger partial charge in [0.1, 0.15) is 17.3 Å². The van der Waals surface area contributed by atoms with Crippen LogP contribution in [0.3, 0.4) is 0 Å². The molecule has 4 heterocycles. The molecular weight excluding hydrogens is 419 g/mol. The molecule has 0 saturated heterocycles. The first-order chi connectivity index (χ1) is 15.9. The van der Waals surface area contributed by atoms with Gasteiger partial charge in [0.25, 0.3) is 5.91 Å². The summed E-state index contributed by atoms with van der Waals surface area (Å²) in [5, 5.41) is 25.6. The van der Waals surface area contributed by atoms with Gasteiger partial charge in [0.05, 0.1) is 5.52 Å². The molecule has 1 amide bonds. The molecule has 1 aliphatic heterocycles. The largest absolute Gasteiger partial charge is 0.488 e. The van der Waals surface area contributed by atoms with Crippen LogP contribution >= 0.6 is 0 Å². The van der Waals surface area contributed by atoms with Crippen LogP contribution in [-0.4, -0.2) is 44.0 Å². The zero-order valence-electron chi connectivity index (χ0n) is 18.0. The van der Waals surface area contributed by atoms with Crippen LogP contribution in [-0.2, 0) is 13.0 Å². The highest BCUT2D eigenvalue weighted by Gasteiger charge is 2.23. The number of rotatable bonds is 6. The van der Waals surface area contributed by atoms with Crippen LogP contribution in [0.15, 0.2) is 48.7 Å². The Balaban J connectivity index is 1.56. The Morgan fingerprint density at radius 2 is 2.06 bits per heavy atom. The van der Waals surface area contributed by atoms with Gasteiger partial charge in [-0.2, -0.15) is 0 Å². The van der Waals surface area contributed by atoms with E-state index < -0.39 is 13.0 Å². The summed E-state index contributed by atoms with van der Waals surface area (Å²) in [6, 6.07) is 12.5. The lowest BCUT2D eigenvalue weighted by Gasteiger charge is -2.13. The Bertz CT molecular complexity index is 1380. The Hall–Kier alpha value is -3.89. The zero-order chi connectivity index (χ0) is 23.1. The van der Waals surface area contributed by atoms with Crippen molar-refractivity contribution in [3.63, 3.8) is 0 Å². The molecular formula is C23H23BN6O3. The van der Waals surface area contributed by atoms with Crippen LogP contribution in [0.2, 0.25) is 0 Å². The summed E-state index contributed by atoms with van der Waals surface area (Å²) >= 11 is 0. The van der Waals surface area contributed by atoms with Gasteiger partial charge in [-0.15, -0.1) is 0 Å². The third-order valence-electron chi connectivity index (χ3n) is 5.86. The van der Waals surface area contributed by atoms with Gasteiger partial charge in [0.15, 0.2) is 5.82 Å². The van der Waals surface area contributed by atoms with Crippen LogP contribution in [0.5, 0.6) is 0 Å². The predicted octanol–water partition coefficient (Wildman–Crippen LogP) is 1.06. The highest BCUT2D eigenvalue weighted by atomic mass is 16.4. The van der Waals surface area contributed by atoms with Crippen molar-refractivity contribution in [1.82, 2.24) is 14.4 Å². The minimum absolute atomic E-state index is 0.394.